The first-order chi connectivity index (χ1) is 8.02. The maximum absolute atomic E-state index is 13.4. The highest BCUT2D eigenvalue weighted by Crippen LogP contribution is 2.44. The minimum Gasteiger partial charge on any atom is -0.303 e. The molecule has 17 heavy (non-hydrogen) atoms. The molecule has 2 atom stereocenters. The maximum atomic E-state index is 13.4. The van der Waals surface area contributed by atoms with Crippen molar-refractivity contribution in [1.82, 2.24) is 10.2 Å². The van der Waals surface area contributed by atoms with Gasteiger partial charge in [0.25, 0.3) is 0 Å². The van der Waals surface area contributed by atoms with Crippen LogP contribution in [0.25, 0.3) is 0 Å². The van der Waals surface area contributed by atoms with Crippen molar-refractivity contribution < 1.29 is 13.2 Å². The molecule has 0 bridgehead atoms. The van der Waals surface area contributed by atoms with Crippen molar-refractivity contribution in [2.75, 3.05) is 19.8 Å². The molecule has 1 N–H and O–H groups in total. The van der Waals surface area contributed by atoms with Gasteiger partial charge < -0.3 is 5.32 Å². The number of hydrogen-bond donors (Lipinski definition) is 1. The maximum Gasteiger partial charge on any atom is 0.412 e. The first-order valence-corrected chi connectivity index (χ1v) is 5.30. The Kier molecular flexibility index (Phi) is 2.98. The molecule has 0 aromatic rings. The molecule has 2 aliphatic rings. The standard InChI is InChI=1S/C11H12F3N3/c12-11(13,14)10(17-6-5-16-8-17)4-2-1-3-9(10)7-15/h1-4,9,16H,5-6,8H2. The van der Waals surface area contributed by atoms with Crippen molar-refractivity contribution in [3.63, 3.8) is 0 Å². The molecule has 92 valence electrons. The molecule has 0 radical (unpaired) electrons. The van der Waals surface area contributed by atoms with Gasteiger partial charge in [-0.25, -0.2) is 0 Å². The number of nitrogens with one attached hydrogen (secondary N) is 1. The van der Waals surface area contributed by atoms with Crippen molar-refractivity contribution in [1.29, 1.82) is 5.26 Å². The predicted octanol–water partition coefficient (Wildman–Crippen LogP) is 1.42. The van der Waals surface area contributed by atoms with Gasteiger partial charge in [0, 0.05) is 19.8 Å². The number of alkyl halides is 3. The van der Waals surface area contributed by atoms with E-state index in [2.05, 4.69) is 5.32 Å². The van der Waals surface area contributed by atoms with Crippen LogP contribution in [-0.2, 0) is 0 Å². The van der Waals surface area contributed by atoms with E-state index in [1.165, 1.54) is 23.1 Å². The number of nitrogens with zero attached hydrogens (tertiary/aromatic N) is 2. The van der Waals surface area contributed by atoms with E-state index in [1.54, 1.807) is 6.07 Å². The average molecular weight is 243 g/mol. The van der Waals surface area contributed by atoms with Gasteiger partial charge in [0.05, 0.1) is 12.0 Å². The van der Waals surface area contributed by atoms with Gasteiger partial charge in [0.1, 0.15) is 0 Å². The van der Waals surface area contributed by atoms with Gasteiger partial charge in [0.15, 0.2) is 5.54 Å². The molecule has 6 heteroatoms. The van der Waals surface area contributed by atoms with Crippen LogP contribution >= 0.6 is 0 Å². The summed E-state index contributed by atoms with van der Waals surface area (Å²) in [6, 6.07) is 1.75. The predicted molar refractivity (Wildman–Crippen MR) is 55.7 cm³/mol. The van der Waals surface area contributed by atoms with Gasteiger partial charge in [-0.05, 0) is 0 Å². The molecule has 2 unspecified atom stereocenters. The quantitative estimate of drug-likeness (QED) is 0.757. The third-order valence-electron chi connectivity index (χ3n) is 3.22. The molecule has 2 rings (SSSR count). The Hall–Kier alpha value is -1.32. The lowest BCUT2D eigenvalue weighted by Crippen LogP contribution is -2.61. The largest absolute Gasteiger partial charge is 0.412 e. The summed E-state index contributed by atoms with van der Waals surface area (Å²) in [6.45, 7) is 0.944. The minimum absolute atomic E-state index is 0.149. The Morgan fingerprint density at radius 1 is 1.41 bits per heavy atom. The highest BCUT2D eigenvalue weighted by Gasteiger charge is 2.61. The van der Waals surface area contributed by atoms with E-state index in [1.807, 2.05) is 0 Å². The molecule has 0 aromatic heterocycles. The molecule has 1 heterocycles. The molecule has 1 saturated heterocycles. The fourth-order valence-corrected chi connectivity index (χ4v) is 2.34. The third-order valence-corrected chi connectivity index (χ3v) is 3.22. The number of halogens is 3. The Bertz CT molecular complexity index is 388. The lowest BCUT2D eigenvalue weighted by molar-refractivity contribution is -0.219. The van der Waals surface area contributed by atoms with E-state index in [9.17, 15) is 13.2 Å². The summed E-state index contributed by atoms with van der Waals surface area (Å²) in [5.41, 5.74) is -2.19. The smallest absolute Gasteiger partial charge is 0.303 e. The van der Waals surface area contributed by atoms with Crippen LogP contribution in [0.4, 0.5) is 13.2 Å². The Labute approximate surface area is 97.2 Å². The van der Waals surface area contributed by atoms with Crippen LogP contribution in [0.3, 0.4) is 0 Å². The lowest BCUT2D eigenvalue weighted by Gasteiger charge is -2.43. The first kappa shape index (κ1) is 12.1. The normalized spacial score (nSPS) is 33.9. The van der Waals surface area contributed by atoms with Gasteiger partial charge in [-0.2, -0.15) is 18.4 Å². The van der Waals surface area contributed by atoms with Crippen LogP contribution < -0.4 is 5.32 Å². The zero-order chi connectivity index (χ0) is 12.5. The SMILES string of the molecule is N#CC1C=CC=CC1(N1CCNC1)C(F)(F)F. The molecular formula is C11H12F3N3. The van der Waals surface area contributed by atoms with Gasteiger partial charge >= 0.3 is 6.18 Å². The summed E-state index contributed by atoms with van der Waals surface area (Å²) < 4.78 is 40.1. The number of nitriles is 1. The average Bonchev–Trinajstić information content (AvgIpc) is 2.80. The second kappa shape index (κ2) is 4.17. The summed E-state index contributed by atoms with van der Waals surface area (Å²) in [7, 11) is 0. The van der Waals surface area contributed by atoms with Crippen LogP contribution in [0.5, 0.6) is 0 Å². The molecule has 0 saturated carbocycles. The number of hydrogen-bond acceptors (Lipinski definition) is 3. The van der Waals surface area contributed by atoms with Crippen molar-refractivity contribution in [3.8, 4) is 6.07 Å². The summed E-state index contributed by atoms with van der Waals surface area (Å²) in [6.07, 6.45) is 0.779. The molecule has 3 nitrogen and oxygen atoms in total. The molecular weight excluding hydrogens is 231 g/mol. The van der Waals surface area contributed by atoms with E-state index in [0.717, 1.165) is 6.08 Å². The van der Waals surface area contributed by atoms with Crippen molar-refractivity contribution in [2.24, 2.45) is 5.92 Å². The van der Waals surface area contributed by atoms with Crippen LogP contribution in [0.1, 0.15) is 0 Å². The molecule has 0 spiro atoms. The minimum atomic E-state index is -4.47. The van der Waals surface area contributed by atoms with Crippen LogP contribution in [-0.4, -0.2) is 36.4 Å². The third kappa shape index (κ3) is 1.75. The van der Waals surface area contributed by atoms with Crippen LogP contribution in [0.2, 0.25) is 0 Å². The zero-order valence-corrected chi connectivity index (χ0v) is 9.04. The van der Waals surface area contributed by atoms with Gasteiger partial charge in [-0.3, -0.25) is 4.90 Å². The zero-order valence-electron chi connectivity index (χ0n) is 9.04. The summed E-state index contributed by atoms with van der Waals surface area (Å²) in [5.74, 6) is -1.20. The van der Waals surface area contributed by atoms with Gasteiger partial charge in [-0.1, -0.05) is 24.3 Å². The van der Waals surface area contributed by atoms with Crippen molar-refractivity contribution in [2.45, 2.75) is 11.7 Å². The molecule has 0 amide bonds. The molecule has 1 fully saturated rings. The molecule has 1 aliphatic carbocycles. The fraction of sp³-hybridized carbons (Fsp3) is 0.545. The highest BCUT2D eigenvalue weighted by molar-refractivity contribution is 5.32. The number of rotatable bonds is 1. The van der Waals surface area contributed by atoms with E-state index in [-0.39, 0.29) is 13.2 Å². The summed E-state index contributed by atoms with van der Waals surface area (Å²) >= 11 is 0. The molecule has 1 aliphatic heterocycles. The van der Waals surface area contributed by atoms with E-state index < -0.39 is 17.6 Å². The molecule has 0 aromatic carbocycles. The van der Waals surface area contributed by atoms with E-state index in [0.29, 0.717) is 6.54 Å². The second-order valence-corrected chi connectivity index (χ2v) is 4.10. The van der Waals surface area contributed by atoms with Crippen LogP contribution in [0, 0.1) is 17.2 Å². The first-order valence-electron chi connectivity index (χ1n) is 5.30. The second-order valence-electron chi connectivity index (χ2n) is 4.10. The summed E-state index contributed by atoms with van der Waals surface area (Å²) in [5, 5.41) is 11.8. The Balaban J connectivity index is 2.46. The van der Waals surface area contributed by atoms with E-state index >= 15 is 0 Å². The number of allylic oxidation sites excluding steroid dienone is 2. The van der Waals surface area contributed by atoms with E-state index in [4.69, 9.17) is 5.26 Å². The summed E-state index contributed by atoms with van der Waals surface area (Å²) in [4.78, 5) is 1.28. The Morgan fingerprint density at radius 2 is 2.18 bits per heavy atom. The lowest BCUT2D eigenvalue weighted by atomic mass is 9.79. The monoisotopic (exact) mass is 243 g/mol. The van der Waals surface area contributed by atoms with Gasteiger partial charge in [0.2, 0.25) is 0 Å². The topological polar surface area (TPSA) is 39.1 Å². The fourth-order valence-electron chi connectivity index (χ4n) is 2.34. The van der Waals surface area contributed by atoms with Crippen LogP contribution in [0.15, 0.2) is 24.3 Å². The van der Waals surface area contributed by atoms with Gasteiger partial charge in [-0.15, -0.1) is 0 Å². The Morgan fingerprint density at radius 3 is 2.71 bits per heavy atom. The highest BCUT2D eigenvalue weighted by atomic mass is 19.4. The van der Waals surface area contributed by atoms with Crippen molar-refractivity contribution in [3.05, 3.63) is 24.3 Å². The van der Waals surface area contributed by atoms with Crippen molar-refractivity contribution >= 4 is 0 Å².